The maximum absolute atomic E-state index is 11.6. The van der Waals surface area contributed by atoms with Crippen molar-refractivity contribution in [2.45, 2.75) is 45.8 Å². The Kier molecular flexibility index (Phi) is 8.05. The van der Waals surface area contributed by atoms with Gasteiger partial charge < -0.3 is 21.1 Å². The first-order chi connectivity index (χ1) is 10.8. The average Bonchev–Trinajstić information content (AvgIpc) is 2.99. The van der Waals surface area contributed by atoms with Gasteiger partial charge in [-0.3, -0.25) is 4.79 Å². The number of rotatable bonds is 8. The molecule has 0 bridgehead atoms. The molecule has 0 aliphatic rings. The van der Waals surface area contributed by atoms with Crippen LogP contribution in [0.1, 0.15) is 39.7 Å². The Labute approximate surface area is 142 Å². The third-order valence-corrected chi connectivity index (χ3v) is 3.81. The first-order valence-electron chi connectivity index (χ1n) is 7.91. The second-order valence-electron chi connectivity index (χ2n) is 5.88. The topological polar surface area (TPSA) is 85.8 Å². The fourth-order valence-corrected chi connectivity index (χ4v) is 2.71. The predicted octanol–water partition coefficient (Wildman–Crippen LogP) is 1.43. The summed E-state index contributed by atoms with van der Waals surface area (Å²) in [6, 6.07) is 2.04. The van der Waals surface area contributed by atoms with Gasteiger partial charge >= 0.3 is 0 Å². The minimum atomic E-state index is -1.00. The number of amides is 1. The Bertz CT molecular complexity index is 498. The quantitative estimate of drug-likeness (QED) is 0.426. The Morgan fingerprint density at radius 1 is 1.43 bits per heavy atom. The van der Waals surface area contributed by atoms with Gasteiger partial charge in [0.1, 0.15) is 5.60 Å². The van der Waals surface area contributed by atoms with Gasteiger partial charge in [0.15, 0.2) is 5.96 Å². The van der Waals surface area contributed by atoms with Gasteiger partial charge in [0.2, 0.25) is 5.91 Å². The molecule has 1 aromatic rings. The van der Waals surface area contributed by atoms with Gasteiger partial charge in [-0.15, -0.1) is 0 Å². The maximum atomic E-state index is 11.6. The van der Waals surface area contributed by atoms with Crippen molar-refractivity contribution in [2.75, 3.05) is 19.6 Å². The molecule has 0 saturated carbocycles. The van der Waals surface area contributed by atoms with Crippen LogP contribution in [-0.4, -0.2) is 42.6 Å². The number of aliphatic hydroxyl groups is 1. The van der Waals surface area contributed by atoms with E-state index in [0.29, 0.717) is 25.5 Å². The molecule has 0 aliphatic heterocycles. The lowest BCUT2D eigenvalue weighted by Gasteiger charge is -2.21. The zero-order valence-electron chi connectivity index (χ0n) is 14.3. The SMILES string of the molecule is CCNC(=NCC(C)(O)c1ccsc1)NCCC(=O)NC(C)C. The fourth-order valence-electron chi connectivity index (χ4n) is 1.93. The number of thiophene rings is 1. The zero-order valence-corrected chi connectivity index (χ0v) is 15.2. The minimum absolute atomic E-state index is 0.00798. The molecular formula is C16H28N4O2S. The summed E-state index contributed by atoms with van der Waals surface area (Å²) in [5.74, 6) is 0.606. The Morgan fingerprint density at radius 2 is 2.17 bits per heavy atom. The molecule has 130 valence electrons. The molecule has 1 aromatic heterocycles. The molecule has 1 atom stereocenters. The van der Waals surface area contributed by atoms with Crippen molar-refractivity contribution in [3.63, 3.8) is 0 Å². The first-order valence-corrected chi connectivity index (χ1v) is 8.86. The summed E-state index contributed by atoms with van der Waals surface area (Å²) < 4.78 is 0. The Morgan fingerprint density at radius 3 is 2.74 bits per heavy atom. The van der Waals surface area contributed by atoms with Gasteiger partial charge in [0.25, 0.3) is 0 Å². The number of hydrogen-bond donors (Lipinski definition) is 4. The third-order valence-electron chi connectivity index (χ3n) is 3.13. The zero-order chi connectivity index (χ0) is 17.3. The van der Waals surface area contributed by atoms with Crippen LogP contribution >= 0.6 is 11.3 Å². The number of aliphatic imine (C=N–C) groups is 1. The second kappa shape index (κ2) is 9.52. The molecule has 1 unspecified atom stereocenters. The molecular weight excluding hydrogens is 312 g/mol. The number of hydrogen-bond acceptors (Lipinski definition) is 4. The molecule has 6 nitrogen and oxygen atoms in total. The van der Waals surface area contributed by atoms with Crippen LogP contribution in [0.15, 0.2) is 21.8 Å². The van der Waals surface area contributed by atoms with E-state index in [4.69, 9.17) is 0 Å². The van der Waals surface area contributed by atoms with Crippen molar-refractivity contribution < 1.29 is 9.90 Å². The number of carbonyl (C=O) groups is 1. The second-order valence-corrected chi connectivity index (χ2v) is 6.66. The van der Waals surface area contributed by atoms with Crippen LogP contribution in [0.5, 0.6) is 0 Å². The fraction of sp³-hybridized carbons (Fsp3) is 0.625. The highest BCUT2D eigenvalue weighted by atomic mass is 32.1. The summed E-state index contributed by atoms with van der Waals surface area (Å²) in [5.41, 5.74) is -0.143. The van der Waals surface area contributed by atoms with Gasteiger partial charge in [0.05, 0.1) is 6.54 Å². The first kappa shape index (κ1) is 19.4. The lowest BCUT2D eigenvalue weighted by Crippen LogP contribution is -2.41. The standard InChI is InChI=1S/C16H28N4O2S/c1-5-17-15(18-8-6-14(21)20-12(2)3)19-11-16(4,22)13-7-9-23-10-13/h7,9-10,12,22H,5-6,8,11H2,1-4H3,(H,20,21)(H2,17,18,19). The van der Waals surface area contributed by atoms with E-state index in [2.05, 4.69) is 20.9 Å². The highest BCUT2D eigenvalue weighted by molar-refractivity contribution is 7.08. The molecule has 0 saturated heterocycles. The molecule has 0 aromatic carbocycles. The minimum Gasteiger partial charge on any atom is -0.383 e. The maximum Gasteiger partial charge on any atom is 0.221 e. The summed E-state index contributed by atoms with van der Waals surface area (Å²) in [6.07, 6.45) is 0.378. The Hall–Kier alpha value is -1.60. The number of carbonyl (C=O) groups excluding carboxylic acids is 1. The molecule has 0 spiro atoms. The summed E-state index contributed by atoms with van der Waals surface area (Å²) in [7, 11) is 0. The summed E-state index contributed by atoms with van der Waals surface area (Å²) in [5, 5.41) is 23.4. The van der Waals surface area contributed by atoms with E-state index in [9.17, 15) is 9.90 Å². The molecule has 23 heavy (non-hydrogen) atoms. The van der Waals surface area contributed by atoms with Gasteiger partial charge in [-0.1, -0.05) is 0 Å². The number of guanidine groups is 1. The summed E-state index contributed by atoms with van der Waals surface area (Å²) >= 11 is 1.55. The normalized spacial score (nSPS) is 14.4. The van der Waals surface area contributed by atoms with E-state index >= 15 is 0 Å². The van der Waals surface area contributed by atoms with E-state index in [0.717, 1.165) is 5.56 Å². The third kappa shape index (κ3) is 7.47. The van der Waals surface area contributed by atoms with Crippen LogP contribution < -0.4 is 16.0 Å². The van der Waals surface area contributed by atoms with Crippen molar-refractivity contribution in [2.24, 2.45) is 4.99 Å². The van der Waals surface area contributed by atoms with Crippen LogP contribution in [0, 0.1) is 0 Å². The molecule has 1 rings (SSSR count). The van der Waals surface area contributed by atoms with Crippen molar-refractivity contribution in [3.8, 4) is 0 Å². The van der Waals surface area contributed by atoms with Gasteiger partial charge in [-0.25, -0.2) is 4.99 Å². The highest BCUT2D eigenvalue weighted by Gasteiger charge is 2.23. The van der Waals surface area contributed by atoms with Gasteiger partial charge in [-0.05, 0) is 50.1 Å². The van der Waals surface area contributed by atoms with E-state index in [-0.39, 0.29) is 18.5 Å². The average molecular weight is 340 g/mol. The molecule has 1 heterocycles. The van der Waals surface area contributed by atoms with E-state index in [1.165, 1.54) is 0 Å². The van der Waals surface area contributed by atoms with Crippen LogP contribution in [-0.2, 0) is 10.4 Å². The van der Waals surface area contributed by atoms with Crippen molar-refractivity contribution in [1.82, 2.24) is 16.0 Å². The van der Waals surface area contributed by atoms with Crippen LogP contribution in [0.25, 0.3) is 0 Å². The molecule has 1 amide bonds. The summed E-state index contributed by atoms with van der Waals surface area (Å²) in [6.45, 7) is 9.04. The number of nitrogens with one attached hydrogen (secondary N) is 3. The van der Waals surface area contributed by atoms with E-state index in [1.54, 1.807) is 18.3 Å². The van der Waals surface area contributed by atoms with Crippen molar-refractivity contribution >= 4 is 23.2 Å². The van der Waals surface area contributed by atoms with Crippen LogP contribution in [0.4, 0.5) is 0 Å². The summed E-state index contributed by atoms with van der Waals surface area (Å²) in [4.78, 5) is 16.0. The molecule has 4 N–H and O–H groups in total. The molecule has 0 fully saturated rings. The van der Waals surface area contributed by atoms with Crippen LogP contribution in [0.2, 0.25) is 0 Å². The predicted molar refractivity (Wildman–Crippen MR) is 95.8 cm³/mol. The molecule has 0 radical (unpaired) electrons. The van der Waals surface area contributed by atoms with Gasteiger partial charge in [-0.2, -0.15) is 11.3 Å². The lowest BCUT2D eigenvalue weighted by atomic mass is 10.00. The smallest absolute Gasteiger partial charge is 0.221 e. The largest absolute Gasteiger partial charge is 0.383 e. The Balaban J connectivity index is 2.52. The van der Waals surface area contributed by atoms with Crippen molar-refractivity contribution in [3.05, 3.63) is 22.4 Å². The van der Waals surface area contributed by atoms with E-state index in [1.807, 2.05) is 37.6 Å². The van der Waals surface area contributed by atoms with E-state index < -0.39 is 5.60 Å². The number of nitrogens with zero attached hydrogens (tertiary/aromatic N) is 1. The molecule has 0 aliphatic carbocycles. The van der Waals surface area contributed by atoms with Crippen LogP contribution in [0.3, 0.4) is 0 Å². The lowest BCUT2D eigenvalue weighted by molar-refractivity contribution is -0.121. The van der Waals surface area contributed by atoms with Gasteiger partial charge in [0, 0.05) is 25.6 Å². The molecule has 7 heteroatoms. The highest BCUT2D eigenvalue weighted by Crippen LogP contribution is 2.23. The monoisotopic (exact) mass is 340 g/mol. The van der Waals surface area contributed by atoms with Crippen molar-refractivity contribution in [1.29, 1.82) is 0 Å².